The molecule has 0 radical (unpaired) electrons. The van der Waals surface area contributed by atoms with E-state index in [1.54, 1.807) is 25.8 Å². The molecule has 2 nitrogen and oxygen atoms in total. The number of nitrogens with zero attached hydrogens (tertiary/aromatic N) is 2. The molecule has 0 bridgehead atoms. The Morgan fingerprint density at radius 2 is 1.40 bits per heavy atom. The normalized spacial score (nSPS) is 20.5. The highest BCUT2D eigenvalue weighted by Gasteiger charge is 2.48. The van der Waals surface area contributed by atoms with Gasteiger partial charge in [0, 0.05) is 38.1 Å². The summed E-state index contributed by atoms with van der Waals surface area (Å²) in [6.45, 7) is 27.3. The Morgan fingerprint density at radius 3 is 1.91 bits per heavy atom. The largest absolute Gasteiger partial charge is 0.210 e. The zero-order chi connectivity index (χ0) is 33.0. The van der Waals surface area contributed by atoms with Gasteiger partial charge in [-0.1, -0.05) is 133 Å². The molecule has 2 aromatic rings. The molecule has 2 unspecified atom stereocenters. The van der Waals surface area contributed by atoms with Gasteiger partial charge in [-0.3, -0.25) is 0 Å². The molecule has 0 aliphatic heterocycles. The number of fused-ring (bicyclic) bond motifs is 3. The molecule has 4 rings (SSSR count). The minimum atomic E-state index is 0.0332. The van der Waals surface area contributed by atoms with Crippen LogP contribution in [0.15, 0.2) is 38.7 Å². The monoisotopic (exact) mass is 664 g/mol. The van der Waals surface area contributed by atoms with Crippen LogP contribution in [0.25, 0.3) is 15.3 Å². The lowest BCUT2D eigenvalue weighted by Crippen LogP contribution is -2.31. The van der Waals surface area contributed by atoms with Crippen molar-refractivity contribution in [2.45, 2.75) is 151 Å². The Hall–Kier alpha value is -1.43. The molecule has 5 heteroatoms. The molecule has 2 aliphatic rings. The molecule has 0 spiro atoms. The van der Waals surface area contributed by atoms with Gasteiger partial charge in [-0.2, -0.15) is 4.40 Å². The second-order valence-electron chi connectivity index (χ2n) is 15.7. The molecule has 0 N–H and O–H groups in total. The van der Waals surface area contributed by atoms with Crippen molar-refractivity contribution in [3.8, 4) is 9.75 Å². The van der Waals surface area contributed by atoms with Crippen molar-refractivity contribution >= 4 is 52.8 Å². The molecule has 45 heavy (non-hydrogen) atoms. The van der Waals surface area contributed by atoms with Gasteiger partial charge in [-0.15, -0.1) is 22.7 Å². The number of hydrogen-bond donors (Lipinski definition) is 0. The van der Waals surface area contributed by atoms with E-state index in [1.807, 2.05) is 0 Å². The predicted octanol–water partition coefficient (Wildman–Crippen LogP) is 14.1. The summed E-state index contributed by atoms with van der Waals surface area (Å²) in [5, 5.41) is 0. The Balaban J connectivity index is 1.92. The standard InChI is InChI=1S/C40H60N2S3/c1-12-16-18-27(14-3)25-40(26-28(15-4)19-17-13-2)31-23-34(43-36(31)37-32(40)24-35(44-37)39(8,9)10)29-20-21-30(38(5,6)7)33(22-29)42-45-41-11/h20-21,23-24,27-28H,11-19,22,25-26H2,1-10H3/b42-33+. The Morgan fingerprint density at radius 1 is 0.822 bits per heavy atom. The van der Waals surface area contributed by atoms with E-state index in [9.17, 15) is 0 Å². The first-order chi connectivity index (χ1) is 21.3. The molecule has 0 saturated heterocycles. The molecule has 2 heterocycles. The maximum atomic E-state index is 4.84. The van der Waals surface area contributed by atoms with Gasteiger partial charge >= 0.3 is 0 Å². The van der Waals surface area contributed by atoms with E-state index in [4.69, 9.17) is 4.40 Å². The van der Waals surface area contributed by atoms with Gasteiger partial charge < -0.3 is 0 Å². The van der Waals surface area contributed by atoms with E-state index in [2.05, 4.69) is 127 Å². The molecule has 0 aromatic carbocycles. The van der Waals surface area contributed by atoms with Crippen molar-refractivity contribution in [2.24, 2.45) is 26.0 Å². The van der Waals surface area contributed by atoms with E-state index in [0.717, 1.165) is 24.0 Å². The highest BCUT2D eigenvalue weighted by molar-refractivity contribution is 7.97. The molecule has 248 valence electrons. The molecule has 2 aliphatic carbocycles. The van der Waals surface area contributed by atoms with Crippen molar-refractivity contribution < 1.29 is 0 Å². The minimum absolute atomic E-state index is 0.0332. The fraction of sp³-hybridized carbons (Fsp3) is 0.650. The van der Waals surface area contributed by atoms with Crippen LogP contribution in [0.1, 0.15) is 161 Å². The van der Waals surface area contributed by atoms with Gasteiger partial charge in [-0.05, 0) is 69.9 Å². The topological polar surface area (TPSA) is 24.7 Å². The van der Waals surface area contributed by atoms with Gasteiger partial charge in [0.25, 0.3) is 0 Å². The Bertz CT molecular complexity index is 1380. The summed E-state index contributed by atoms with van der Waals surface area (Å²) in [7, 11) is 0. The van der Waals surface area contributed by atoms with Crippen LogP contribution in [-0.2, 0) is 10.8 Å². The van der Waals surface area contributed by atoms with E-state index in [1.165, 1.54) is 92.4 Å². The highest BCUT2D eigenvalue weighted by Crippen LogP contribution is 2.62. The zero-order valence-electron chi connectivity index (χ0n) is 30.1. The average Bonchev–Trinajstić information content (AvgIpc) is 3.69. The summed E-state index contributed by atoms with van der Waals surface area (Å²) in [4.78, 5) is 6.10. The number of thiophene rings is 2. The van der Waals surface area contributed by atoms with E-state index >= 15 is 0 Å². The molecule has 2 atom stereocenters. The number of rotatable bonds is 15. The van der Waals surface area contributed by atoms with Crippen molar-refractivity contribution in [3.63, 3.8) is 0 Å². The lowest BCUT2D eigenvalue weighted by atomic mass is 9.65. The third kappa shape index (κ3) is 8.00. The maximum Gasteiger partial charge on any atom is 0.114 e. The second-order valence-corrected chi connectivity index (χ2v) is 18.4. The van der Waals surface area contributed by atoms with Crippen LogP contribution in [-0.4, -0.2) is 12.4 Å². The maximum absolute atomic E-state index is 4.84. The van der Waals surface area contributed by atoms with Gasteiger partial charge in [0.2, 0.25) is 0 Å². The quantitative estimate of drug-likeness (QED) is 0.137. The number of hydrogen-bond acceptors (Lipinski definition) is 5. The van der Waals surface area contributed by atoms with Crippen LogP contribution < -0.4 is 0 Å². The average molecular weight is 665 g/mol. The second kappa shape index (κ2) is 15.2. The van der Waals surface area contributed by atoms with E-state index in [0.29, 0.717) is 0 Å². The number of allylic oxidation sites excluding steroid dienone is 4. The summed E-state index contributed by atoms with van der Waals surface area (Å²) in [5.41, 5.74) is 7.43. The van der Waals surface area contributed by atoms with Crippen molar-refractivity contribution in [1.82, 2.24) is 0 Å². The predicted molar refractivity (Wildman–Crippen MR) is 208 cm³/mol. The van der Waals surface area contributed by atoms with Crippen LogP contribution in [0.4, 0.5) is 0 Å². The third-order valence-corrected chi connectivity index (χ3v) is 13.6. The van der Waals surface area contributed by atoms with Crippen molar-refractivity contribution in [3.05, 3.63) is 50.7 Å². The first kappa shape index (κ1) is 36.4. The zero-order valence-corrected chi connectivity index (χ0v) is 32.5. The van der Waals surface area contributed by atoms with Gasteiger partial charge in [0.15, 0.2) is 0 Å². The van der Waals surface area contributed by atoms with Crippen LogP contribution in [0.2, 0.25) is 0 Å². The van der Waals surface area contributed by atoms with Crippen molar-refractivity contribution in [1.29, 1.82) is 0 Å². The van der Waals surface area contributed by atoms with Crippen molar-refractivity contribution in [2.75, 3.05) is 0 Å². The summed E-state index contributed by atoms with van der Waals surface area (Å²) >= 11 is 5.36. The smallest absolute Gasteiger partial charge is 0.114 e. The Kier molecular flexibility index (Phi) is 12.3. The molecule has 0 saturated carbocycles. The van der Waals surface area contributed by atoms with Crippen LogP contribution in [0, 0.1) is 17.3 Å². The van der Waals surface area contributed by atoms with Gasteiger partial charge in [0.1, 0.15) is 12.1 Å². The summed E-state index contributed by atoms with van der Waals surface area (Å²) in [6.07, 6.45) is 18.6. The summed E-state index contributed by atoms with van der Waals surface area (Å²) in [5.74, 6) is 1.50. The molecule has 0 amide bonds. The summed E-state index contributed by atoms with van der Waals surface area (Å²) in [6, 6.07) is 5.30. The molecular weight excluding hydrogens is 605 g/mol. The molecular formula is C40H60N2S3. The lowest BCUT2D eigenvalue weighted by Gasteiger charge is -2.38. The molecule has 0 fully saturated rings. The SMILES string of the molecule is C=NS/N=C1\CC(c2cc3c(s2)-c2sc(C(C)(C)C)cc2C3(CC(CC)CCCC)CC(CC)CCCC)=CC=C1C(C)(C)C. The Labute approximate surface area is 288 Å². The van der Waals surface area contributed by atoms with Crippen LogP contribution >= 0.6 is 34.8 Å². The first-order valence-corrected chi connectivity index (χ1v) is 20.1. The highest BCUT2D eigenvalue weighted by atomic mass is 32.2. The van der Waals surface area contributed by atoms with E-state index in [-0.39, 0.29) is 16.2 Å². The van der Waals surface area contributed by atoms with E-state index < -0.39 is 0 Å². The van der Waals surface area contributed by atoms with Crippen LogP contribution in [0.3, 0.4) is 0 Å². The summed E-state index contributed by atoms with van der Waals surface area (Å²) < 4.78 is 8.84. The molecule has 2 aromatic heterocycles. The lowest BCUT2D eigenvalue weighted by molar-refractivity contribution is 0.266. The van der Waals surface area contributed by atoms with Gasteiger partial charge in [0.05, 0.1) is 5.71 Å². The minimum Gasteiger partial charge on any atom is -0.210 e. The van der Waals surface area contributed by atoms with Gasteiger partial charge in [-0.25, -0.2) is 4.40 Å². The first-order valence-electron chi connectivity index (χ1n) is 17.7. The third-order valence-electron chi connectivity index (χ3n) is 10.3. The fourth-order valence-corrected chi connectivity index (χ4v) is 10.6. The fourth-order valence-electron chi connectivity index (χ4n) is 7.53. The number of unbranched alkanes of at least 4 members (excludes halogenated alkanes) is 2. The van der Waals surface area contributed by atoms with Crippen LogP contribution in [0.5, 0.6) is 0 Å².